The molecule has 67 heavy (non-hydrogen) atoms. The van der Waals surface area contributed by atoms with Crippen molar-refractivity contribution in [1.29, 1.82) is 0 Å². The standard InChI is InChI=1S/C32H19F3.C30H16F2/c1-22-4-2-5-23(16-22)8-10-25-12-14-27-21-30-18-26(13-15-28(30)20-29(27)17-25)11-9-24-6-3-7-31(19-24)32(33,34)35;31-29-5-1-3-21(17-29)7-9-23-11-13-25-20-28-16-24(12-14-26(28)19-27(25)15-23)10-8-22-4-2-6-30(32)18-22/h2-7,12-21H,1H3;1-6,11-20H. The van der Waals surface area contributed by atoms with E-state index in [1.54, 1.807) is 30.3 Å². The Morgan fingerprint density at radius 1 is 0.284 bits per heavy atom. The predicted octanol–water partition coefficient (Wildman–Crippen LogP) is 15.2. The summed E-state index contributed by atoms with van der Waals surface area (Å²) in [7, 11) is 0. The van der Waals surface area contributed by atoms with Crippen LogP contribution in [0.2, 0.25) is 0 Å². The lowest BCUT2D eigenvalue weighted by atomic mass is 10.00. The topological polar surface area (TPSA) is 0 Å². The van der Waals surface area contributed by atoms with Crippen LogP contribution >= 0.6 is 0 Å². The fourth-order valence-corrected chi connectivity index (χ4v) is 7.51. The van der Waals surface area contributed by atoms with Crippen LogP contribution in [-0.4, -0.2) is 0 Å². The SMILES string of the molecule is Cc1cccc(C#Cc2ccc3cc4cc(C#Cc5cccc(C(F)(F)F)c5)ccc4cc3c2)c1.Fc1cccc(C#Cc2ccc3cc4cc(C#Cc5cccc(F)c5)ccc4cc3c2)c1. The van der Waals surface area contributed by atoms with Crippen LogP contribution in [0.25, 0.3) is 43.1 Å². The molecule has 0 nitrogen and oxygen atoms in total. The smallest absolute Gasteiger partial charge is 0.207 e. The normalized spacial score (nSPS) is 10.7. The summed E-state index contributed by atoms with van der Waals surface area (Å²) in [6.07, 6.45) is -4.38. The van der Waals surface area contributed by atoms with Crippen LogP contribution in [0.3, 0.4) is 0 Å². The second-order valence-corrected chi connectivity index (χ2v) is 15.9. The summed E-state index contributed by atoms with van der Waals surface area (Å²) in [6.45, 7) is 2.05. The molecule has 5 heteroatoms. The summed E-state index contributed by atoms with van der Waals surface area (Å²) < 4.78 is 65.5. The Balaban J connectivity index is 0.000000169. The summed E-state index contributed by atoms with van der Waals surface area (Å²) in [4.78, 5) is 0. The van der Waals surface area contributed by atoms with Gasteiger partial charge in [-0.1, -0.05) is 102 Å². The van der Waals surface area contributed by atoms with Crippen molar-refractivity contribution in [3.63, 3.8) is 0 Å². The van der Waals surface area contributed by atoms with Gasteiger partial charge in [-0.25, -0.2) is 8.78 Å². The highest BCUT2D eigenvalue weighted by Crippen LogP contribution is 2.30. The molecule has 10 rings (SSSR count). The van der Waals surface area contributed by atoms with Crippen molar-refractivity contribution in [1.82, 2.24) is 0 Å². The van der Waals surface area contributed by atoms with E-state index in [1.807, 2.05) is 72.8 Å². The predicted molar refractivity (Wildman–Crippen MR) is 262 cm³/mol. The van der Waals surface area contributed by atoms with Crippen molar-refractivity contribution in [3.05, 3.63) is 261 Å². The molecule has 0 amide bonds. The minimum atomic E-state index is -4.38. The summed E-state index contributed by atoms with van der Waals surface area (Å²) in [5, 5.41) is 8.63. The van der Waals surface area contributed by atoms with Crippen molar-refractivity contribution in [3.8, 4) is 47.4 Å². The van der Waals surface area contributed by atoms with Crippen LogP contribution in [0.5, 0.6) is 0 Å². The molecule has 0 unspecified atom stereocenters. The second kappa shape index (κ2) is 19.1. The average molecular weight is 875 g/mol. The van der Waals surface area contributed by atoms with Gasteiger partial charge in [-0.05, 0) is 195 Å². The zero-order chi connectivity index (χ0) is 46.3. The third-order valence-electron chi connectivity index (χ3n) is 10.9. The van der Waals surface area contributed by atoms with E-state index in [0.29, 0.717) is 16.7 Å². The highest BCUT2D eigenvalue weighted by molar-refractivity contribution is 6.00. The Kier molecular flexibility index (Phi) is 12.4. The highest BCUT2D eigenvalue weighted by Gasteiger charge is 2.30. The van der Waals surface area contributed by atoms with Gasteiger partial charge in [-0.2, -0.15) is 13.2 Å². The lowest BCUT2D eigenvalue weighted by molar-refractivity contribution is -0.137. The molecule has 0 saturated heterocycles. The van der Waals surface area contributed by atoms with E-state index in [0.717, 1.165) is 83.0 Å². The molecule has 0 aliphatic heterocycles. The Morgan fingerprint density at radius 2 is 0.582 bits per heavy atom. The van der Waals surface area contributed by atoms with Crippen molar-refractivity contribution in [2.24, 2.45) is 0 Å². The Labute approximate surface area is 385 Å². The van der Waals surface area contributed by atoms with Gasteiger partial charge in [0, 0.05) is 44.5 Å². The van der Waals surface area contributed by atoms with E-state index in [4.69, 9.17) is 0 Å². The lowest BCUT2D eigenvalue weighted by Crippen LogP contribution is -2.04. The average Bonchev–Trinajstić information content (AvgIpc) is 3.32. The monoisotopic (exact) mass is 874 g/mol. The minimum absolute atomic E-state index is 0.290. The van der Waals surface area contributed by atoms with Gasteiger partial charge in [0.15, 0.2) is 0 Å². The summed E-state index contributed by atoms with van der Waals surface area (Å²) in [6, 6.07) is 58.3. The van der Waals surface area contributed by atoms with Gasteiger partial charge >= 0.3 is 6.18 Å². The van der Waals surface area contributed by atoms with Gasteiger partial charge < -0.3 is 0 Å². The Bertz CT molecular complexity index is 3690. The second-order valence-electron chi connectivity index (χ2n) is 15.9. The van der Waals surface area contributed by atoms with Crippen molar-refractivity contribution in [2.75, 3.05) is 0 Å². The van der Waals surface area contributed by atoms with Crippen LogP contribution < -0.4 is 0 Å². The molecule has 0 heterocycles. The molecule has 0 atom stereocenters. The molecule has 0 saturated carbocycles. The number of hydrogen-bond donors (Lipinski definition) is 0. The van der Waals surface area contributed by atoms with Crippen LogP contribution in [0.15, 0.2) is 194 Å². The molecule has 0 spiro atoms. The summed E-state index contributed by atoms with van der Waals surface area (Å²) in [5.41, 5.74) is 6.54. The van der Waals surface area contributed by atoms with Crippen LogP contribution in [0.1, 0.15) is 55.6 Å². The molecule has 0 fully saturated rings. The van der Waals surface area contributed by atoms with Crippen molar-refractivity contribution < 1.29 is 22.0 Å². The van der Waals surface area contributed by atoms with Crippen molar-refractivity contribution in [2.45, 2.75) is 13.1 Å². The first kappa shape index (κ1) is 43.4. The third kappa shape index (κ3) is 11.1. The molecule has 10 aromatic carbocycles. The van der Waals surface area contributed by atoms with Crippen LogP contribution in [-0.2, 0) is 6.18 Å². The first-order valence-electron chi connectivity index (χ1n) is 21.2. The van der Waals surface area contributed by atoms with Gasteiger partial charge in [-0.15, -0.1) is 0 Å². The lowest BCUT2D eigenvalue weighted by Gasteiger charge is -2.06. The first-order valence-corrected chi connectivity index (χ1v) is 21.2. The van der Waals surface area contributed by atoms with E-state index < -0.39 is 11.7 Å². The largest absolute Gasteiger partial charge is 0.416 e. The third-order valence-corrected chi connectivity index (χ3v) is 10.9. The number of benzene rings is 10. The quantitative estimate of drug-likeness (QED) is 0.0809. The molecular weight excluding hydrogens is 840 g/mol. The molecule has 0 N–H and O–H groups in total. The molecule has 0 aliphatic rings. The maximum Gasteiger partial charge on any atom is 0.416 e. The maximum absolute atomic E-state index is 13.3. The number of aryl methyl sites for hydroxylation is 1. The van der Waals surface area contributed by atoms with Gasteiger partial charge in [0.25, 0.3) is 0 Å². The molecule has 318 valence electrons. The molecule has 0 bridgehead atoms. The molecular formula is C62H35F5. The van der Waals surface area contributed by atoms with Crippen molar-refractivity contribution >= 4 is 43.1 Å². The zero-order valence-corrected chi connectivity index (χ0v) is 35.9. The molecule has 10 aromatic rings. The fraction of sp³-hybridized carbons (Fsp3) is 0.0323. The first-order chi connectivity index (χ1) is 32.4. The van der Waals surface area contributed by atoms with E-state index in [-0.39, 0.29) is 11.6 Å². The number of rotatable bonds is 0. The Morgan fingerprint density at radius 3 is 0.910 bits per heavy atom. The van der Waals surface area contributed by atoms with E-state index >= 15 is 0 Å². The highest BCUT2D eigenvalue weighted by atomic mass is 19.4. The number of hydrogen-bond acceptors (Lipinski definition) is 0. The molecule has 0 radical (unpaired) electrons. The number of halogens is 5. The van der Waals surface area contributed by atoms with Gasteiger partial charge in [0.1, 0.15) is 11.6 Å². The minimum Gasteiger partial charge on any atom is -0.207 e. The van der Waals surface area contributed by atoms with Gasteiger partial charge in [-0.3, -0.25) is 0 Å². The maximum atomic E-state index is 13.3. The van der Waals surface area contributed by atoms with E-state index in [9.17, 15) is 22.0 Å². The zero-order valence-electron chi connectivity index (χ0n) is 35.9. The Hall–Kier alpha value is -8.87. The number of alkyl halides is 3. The van der Waals surface area contributed by atoms with Crippen LogP contribution in [0.4, 0.5) is 22.0 Å². The van der Waals surface area contributed by atoms with Gasteiger partial charge in [0.2, 0.25) is 0 Å². The summed E-state index contributed by atoms with van der Waals surface area (Å²) >= 11 is 0. The van der Waals surface area contributed by atoms with E-state index in [1.165, 1.54) is 35.9 Å². The number of fused-ring (bicyclic) bond motifs is 4. The molecule has 0 aromatic heterocycles. The fourth-order valence-electron chi connectivity index (χ4n) is 7.51. The van der Waals surface area contributed by atoms with Gasteiger partial charge in [0.05, 0.1) is 5.56 Å². The van der Waals surface area contributed by atoms with E-state index in [2.05, 4.69) is 103 Å². The summed E-state index contributed by atoms with van der Waals surface area (Å²) in [5.74, 6) is 24.0. The van der Waals surface area contributed by atoms with Crippen LogP contribution in [0, 0.1) is 65.9 Å². The molecule has 0 aliphatic carbocycles.